The first-order valence-corrected chi connectivity index (χ1v) is 12.8. The van der Waals surface area contributed by atoms with Gasteiger partial charge in [-0.15, -0.1) is 11.3 Å². The summed E-state index contributed by atoms with van der Waals surface area (Å²) in [6.07, 6.45) is 4.14. The standard InChI is InChI=1S/C25H31N3O4S/c29-23-15-19-5-9-28(25(30)27-24-2-1-13-33-24)16-20(19)8-12-32-22-4-3-18(14-21(22)26-23)17-6-10-31-11-7-17/h1-4,13-14,17,19-20H,5-12,15-16H2,(H,26,29)(H,27,30)/t19-,20-/m0/s1. The highest BCUT2D eigenvalue weighted by Crippen LogP contribution is 2.36. The molecule has 0 saturated carbocycles. The topological polar surface area (TPSA) is 79.9 Å². The van der Waals surface area contributed by atoms with Gasteiger partial charge in [-0.25, -0.2) is 4.79 Å². The summed E-state index contributed by atoms with van der Waals surface area (Å²) in [5.41, 5.74) is 2.01. The second-order valence-corrected chi connectivity index (χ2v) is 10.1. The maximum atomic E-state index is 13.0. The van der Waals surface area contributed by atoms with Gasteiger partial charge in [0.1, 0.15) is 5.75 Å². The van der Waals surface area contributed by atoms with Gasteiger partial charge in [0.25, 0.3) is 0 Å². The number of anilines is 2. The lowest BCUT2D eigenvalue weighted by atomic mass is 9.81. The van der Waals surface area contributed by atoms with Crippen LogP contribution >= 0.6 is 11.3 Å². The van der Waals surface area contributed by atoms with Gasteiger partial charge in [0.05, 0.1) is 17.3 Å². The van der Waals surface area contributed by atoms with Crippen molar-refractivity contribution in [1.29, 1.82) is 0 Å². The van der Waals surface area contributed by atoms with E-state index in [2.05, 4.69) is 22.8 Å². The molecule has 2 aromatic rings. The van der Waals surface area contributed by atoms with Crippen molar-refractivity contribution in [3.63, 3.8) is 0 Å². The molecule has 1 aromatic carbocycles. The second-order valence-electron chi connectivity index (χ2n) is 9.19. The van der Waals surface area contributed by atoms with E-state index in [0.717, 1.165) is 55.3 Å². The molecular formula is C25H31N3O4S. The molecule has 0 bridgehead atoms. The molecule has 4 heterocycles. The summed E-state index contributed by atoms with van der Waals surface area (Å²) in [7, 11) is 0. The molecule has 8 heteroatoms. The Bertz CT molecular complexity index is 974. The lowest BCUT2D eigenvalue weighted by Gasteiger charge is -2.38. The fourth-order valence-electron chi connectivity index (χ4n) is 5.21. The molecule has 3 amide bonds. The summed E-state index contributed by atoms with van der Waals surface area (Å²) in [6, 6.07) is 9.95. The fourth-order valence-corrected chi connectivity index (χ4v) is 5.82. The lowest BCUT2D eigenvalue weighted by molar-refractivity contribution is -0.118. The number of fused-ring (bicyclic) bond motifs is 2. The molecule has 2 atom stereocenters. The van der Waals surface area contributed by atoms with Crippen LogP contribution in [0.4, 0.5) is 15.5 Å². The van der Waals surface area contributed by atoms with E-state index < -0.39 is 0 Å². The normalized spacial score (nSPS) is 24.1. The molecule has 5 rings (SSSR count). The van der Waals surface area contributed by atoms with Gasteiger partial charge in [-0.3, -0.25) is 10.1 Å². The van der Waals surface area contributed by atoms with E-state index in [4.69, 9.17) is 9.47 Å². The predicted molar refractivity (Wildman–Crippen MR) is 129 cm³/mol. The van der Waals surface area contributed by atoms with Crippen molar-refractivity contribution in [1.82, 2.24) is 4.90 Å². The molecule has 0 spiro atoms. The van der Waals surface area contributed by atoms with E-state index in [1.165, 1.54) is 16.9 Å². The van der Waals surface area contributed by atoms with Crippen molar-refractivity contribution in [2.75, 3.05) is 43.5 Å². The van der Waals surface area contributed by atoms with Crippen LogP contribution in [-0.2, 0) is 9.53 Å². The smallest absolute Gasteiger partial charge is 0.322 e. The first-order chi connectivity index (χ1) is 16.2. The van der Waals surface area contributed by atoms with Crippen LogP contribution in [0.25, 0.3) is 0 Å². The molecule has 0 aliphatic carbocycles. The van der Waals surface area contributed by atoms with Crippen molar-refractivity contribution in [2.45, 2.75) is 38.0 Å². The van der Waals surface area contributed by atoms with E-state index in [9.17, 15) is 9.59 Å². The second kappa shape index (κ2) is 10.1. The number of carbonyl (C=O) groups is 2. The van der Waals surface area contributed by atoms with Crippen molar-refractivity contribution < 1.29 is 19.1 Å². The lowest BCUT2D eigenvalue weighted by Crippen LogP contribution is -2.46. The molecule has 1 aromatic heterocycles. The molecule has 2 N–H and O–H groups in total. The van der Waals surface area contributed by atoms with Crippen LogP contribution < -0.4 is 15.4 Å². The van der Waals surface area contributed by atoms with E-state index >= 15 is 0 Å². The van der Waals surface area contributed by atoms with Crippen molar-refractivity contribution in [3.8, 4) is 5.75 Å². The monoisotopic (exact) mass is 469 g/mol. The number of amides is 3. The Hall–Kier alpha value is -2.58. The minimum Gasteiger partial charge on any atom is -0.491 e. The zero-order chi connectivity index (χ0) is 22.6. The van der Waals surface area contributed by atoms with Gasteiger partial charge in [0, 0.05) is 32.7 Å². The highest BCUT2D eigenvalue weighted by Gasteiger charge is 2.33. The number of rotatable bonds is 2. The number of nitrogens with one attached hydrogen (secondary N) is 2. The quantitative estimate of drug-likeness (QED) is 0.654. The van der Waals surface area contributed by atoms with Crippen LogP contribution in [0, 0.1) is 11.8 Å². The summed E-state index contributed by atoms with van der Waals surface area (Å²) in [4.78, 5) is 27.5. The third kappa shape index (κ3) is 5.33. The molecule has 0 unspecified atom stereocenters. The SMILES string of the molecule is O=C1C[C@@H]2CCN(C(=O)Nc3cccs3)C[C@@H]2CCOc2ccc(C3CCOCC3)cc2N1. The molecular weight excluding hydrogens is 438 g/mol. The molecule has 7 nitrogen and oxygen atoms in total. The average Bonchev–Trinajstić information content (AvgIpc) is 3.34. The van der Waals surface area contributed by atoms with Crippen LogP contribution in [0.3, 0.4) is 0 Å². The summed E-state index contributed by atoms with van der Waals surface area (Å²) in [5, 5.41) is 8.90. The van der Waals surface area contributed by atoms with Gasteiger partial charge in [-0.05, 0) is 78.6 Å². The number of benzene rings is 1. The Morgan fingerprint density at radius 3 is 2.79 bits per heavy atom. The van der Waals surface area contributed by atoms with E-state index in [0.29, 0.717) is 32.0 Å². The third-order valence-corrected chi connectivity index (χ3v) is 7.88. The molecule has 2 saturated heterocycles. The number of carbonyl (C=O) groups excluding carboxylic acids is 2. The molecule has 3 aliphatic rings. The van der Waals surface area contributed by atoms with Crippen molar-refractivity contribution in [2.24, 2.45) is 11.8 Å². The van der Waals surface area contributed by atoms with Gasteiger partial charge in [0.2, 0.25) is 5.91 Å². The first kappa shape index (κ1) is 22.2. The summed E-state index contributed by atoms with van der Waals surface area (Å²) in [6.45, 7) is 3.46. The number of urea groups is 1. The van der Waals surface area contributed by atoms with Gasteiger partial charge in [-0.1, -0.05) is 6.07 Å². The number of thiophene rings is 1. The Morgan fingerprint density at radius 2 is 1.97 bits per heavy atom. The highest BCUT2D eigenvalue weighted by atomic mass is 32.1. The third-order valence-electron chi connectivity index (χ3n) is 7.09. The molecule has 2 fully saturated rings. The number of hydrogen-bond acceptors (Lipinski definition) is 5. The number of ether oxygens (including phenoxy) is 2. The van der Waals surface area contributed by atoms with Crippen LogP contribution in [0.5, 0.6) is 5.75 Å². The van der Waals surface area contributed by atoms with Gasteiger partial charge >= 0.3 is 6.03 Å². The van der Waals surface area contributed by atoms with E-state index in [1.54, 1.807) is 0 Å². The summed E-state index contributed by atoms with van der Waals surface area (Å²) < 4.78 is 11.6. The largest absolute Gasteiger partial charge is 0.491 e. The Labute approximate surface area is 198 Å². The van der Waals surface area contributed by atoms with Crippen LogP contribution in [-0.4, -0.2) is 49.7 Å². The first-order valence-electron chi connectivity index (χ1n) is 11.9. The summed E-state index contributed by atoms with van der Waals surface area (Å²) in [5.74, 6) is 1.70. The molecule has 0 radical (unpaired) electrons. The van der Waals surface area contributed by atoms with Gasteiger partial charge in [0.15, 0.2) is 0 Å². The average molecular weight is 470 g/mol. The van der Waals surface area contributed by atoms with Crippen molar-refractivity contribution in [3.05, 3.63) is 41.3 Å². The Balaban J connectivity index is 1.26. The zero-order valence-corrected chi connectivity index (χ0v) is 19.6. The number of hydrogen-bond donors (Lipinski definition) is 2. The predicted octanol–water partition coefficient (Wildman–Crippen LogP) is 4.92. The highest BCUT2D eigenvalue weighted by molar-refractivity contribution is 7.14. The maximum absolute atomic E-state index is 13.0. The number of nitrogens with zero attached hydrogens (tertiary/aromatic N) is 1. The Kier molecular flexibility index (Phi) is 6.83. The zero-order valence-electron chi connectivity index (χ0n) is 18.8. The van der Waals surface area contributed by atoms with Crippen LogP contribution in [0.1, 0.15) is 43.6 Å². The van der Waals surface area contributed by atoms with Crippen LogP contribution in [0.2, 0.25) is 0 Å². The molecule has 33 heavy (non-hydrogen) atoms. The number of piperidine rings is 1. The minimum absolute atomic E-state index is 0.0253. The maximum Gasteiger partial charge on any atom is 0.322 e. The molecule has 176 valence electrons. The Morgan fingerprint density at radius 1 is 1.09 bits per heavy atom. The number of likely N-dealkylation sites (tertiary alicyclic amines) is 1. The van der Waals surface area contributed by atoms with E-state index in [1.807, 2.05) is 28.5 Å². The van der Waals surface area contributed by atoms with Gasteiger partial charge in [-0.2, -0.15) is 0 Å². The fraction of sp³-hybridized carbons (Fsp3) is 0.520. The minimum atomic E-state index is -0.0654. The van der Waals surface area contributed by atoms with Gasteiger partial charge < -0.3 is 19.7 Å². The van der Waals surface area contributed by atoms with Crippen LogP contribution in [0.15, 0.2) is 35.7 Å². The van der Waals surface area contributed by atoms with Crippen molar-refractivity contribution >= 4 is 34.0 Å². The molecule has 3 aliphatic heterocycles. The van der Waals surface area contributed by atoms with E-state index in [-0.39, 0.29) is 23.8 Å². The summed E-state index contributed by atoms with van der Waals surface area (Å²) >= 11 is 1.52.